The molecule has 7 atom stereocenters. The average molecular weight is 1120 g/mol. The molecule has 1 aliphatic rings. The van der Waals surface area contributed by atoms with Crippen molar-refractivity contribution in [3.8, 4) is 5.75 Å². The number of hydrogen-bond acceptors (Lipinski definition) is 13. The minimum Gasteiger partial charge on any atom is -0.508 e. The third-order valence-corrected chi connectivity index (χ3v) is 13.7. The summed E-state index contributed by atoms with van der Waals surface area (Å²) in [5.41, 5.74) is 25.3. The molecular weight excluding hydrogens is 1050 g/mol. The molecule has 25 heteroatoms. The van der Waals surface area contributed by atoms with Crippen LogP contribution in [-0.2, 0) is 62.4 Å². The predicted molar refractivity (Wildman–Crippen MR) is 303 cm³/mol. The smallest absolute Gasteiger partial charge is 0.247 e. The first kappa shape index (κ1) is 62.4. The first-order chi connectivity index (χ1) is 38.2. The highest BCUT2D eigenvalue weighted by Gasteiger charge is 2.34. The summed E-state index contributed by atoms with van der Waals surface area (Å²) in [4.78, 5) is 133. The number of nitrogens with zero attached hydrogens (tertiary/aromatic N) is 1. The zero-order chi connectivity index (χ0) is 58.3. The summed E-state index contributed by atoms with van der Waals surface area (Å²) in [6.45, 7) is 4.50. The van der Waals surface area contributed by atoms with Crippen LogP contribution in [-0.4, -0.2) is 131 Å². The third-order valence-electron chi connectivity index (χ3n) is 12.8. The number of rotatable bonds is 16. The van der Waals surface area contributed by atoms with Gasteiger partial charge in [0.25, 0.3) is 0 Å². The number of unbranched alkanes of at least 4 members (excludes halogenated alkanes) is 1. The Hall–Kier alpha value is -8.45. The summed E-state index contributed by atoms with van der Waals surface area (Å²) >= 11 is 1.09. The molecule has 18 N–H and O–H groups in total. The molecule has 9 amide bonds. The molecular formula is C55H74N14O10S. The van der Waals surface area contributed by atoms with Gasteiger partial charge in [-0.15, -0.1) is 0 Å². The summed E-state index contributed by atoms with van der Waals surface area (Å²) in [6.07, 6.45) is 2.22. The zero-order valence-corrected chi connectivity index (χ0v) is 45.9. The van der Waals surface area contributed by atoms with E-state index >= 15 is 0 Å². The number of para-hydroxylation sites is 1. The monoisotopic (exact) mass is 1120 g/mol. The molecule has 80 heavy (non-hydrogen) atoms. The molecule has 1 aromatic heterocycles. The van der Waals surface area contributed by atoms with Gasteiger partial charge in [0.05, 0.1) is 11.6 Å². The zero-order valence-electron chi connectivity index (χ0n) is 45.1. The number of benzene rings is 3. The first-order valence-electron chi connectivity index (χ1n) is 26.4. The lowest BCUT2D eigenvalue weighted by Gasteiger charge is -2.27. The quantitative estimate of drug-likeness (QED) is 0.0392. The van der Waals surface area contributed by atoms with E-state index in [0.29, 0.717) is 45.5 Å². The lowest BCUT2D eigenvalue weighted by atomic mass is 10.00. The Kier molecular flexibility index (Phi) is 24.3. The molecule has 0 spiro atoms. The number of nitrogens with one attached hydrogen (secondary N) is 9. The highest BCUT2D eigenvalue weighted by molar-refractivity contribution is 8.02. The van der Waals surface area contributed by atoms with E-state index in [9.17, 15) is 48.3 Å². The summed E-state index contributed by atoms with van der Waals surface area (Å²) in [5, 5.41) is 34.2. The van der Waals surface area contributed by atoms with Gasteiger partial charge >= 0.3 is 0 Å². The number of thioether (sulfide) groups is 1. The SMILES string of the molecule is CC(=O)N[C@H]1/C=C/Sc2[nH]c3ccccc3c2C[C@@H](C(N)=O)NC(=O)[C@H](CCCCN)NC(=O)[C@H](Cc2ccccc2)NC(=O)CNC(=O)[C@H](Cc2ccc(O)cc2)NC(=O)[C@H](CC(C)C)NC(=O)[C@H](CCCN=C(N)N)NC1=O. The van der Waals surface area contributed by atoms with E-state index in [4.69, 9.17) is 22.9 Å². The fourth-order valence-corrected chi connectivity index (χ4v) is 9.65. The van der Waals surface area contributed by atoms with Crippen molar-refractivity contribution in [1.29, 1.82) is 0 Å². The average Bonchev–Trinajstić information content (AvgIpc) is 3.85. The van der Waals surface area contributed by atoms with Crippen LogP contribution in [0.25, 0.3) is 10.9 Å². The van der Waals surface area contributed by atoms with Gasteiger partial charge < -0.3 is 75.6 Å². The molecule has 0 aliphatic carbocycles. The van der Waals surface area contributed by atoms with Crippen LogP contribution in [0.4, 0.5) is 0 Å². The van der Waals surface area contributed by atoms with Crippen molar-refractivity contribution >= 4 is 81.8 Å². The number of phenolic OH excluding ortho intramolecular Hbond substituents is 1. The molecule has 430 valence electrons. The number of fused-ring (bicyclic) bond motifs is 3. The van der Waals surface area contributed by atoms with Crippen LogP contribution < -0.4 is 65.5 Å². The summed E-state index contributed by atoms with van der Waals surface area (Å²) in [6, 6.07) is 12.6. The number of guanidine groups is 1. The topological polar surface area (TPSA) is 402 Å². The number of phenols is 1. The number of hydrogen-bond donors (Lipinski definition) is 14. The number of H-pyrrole nitrogens is 1. The number of amides is 9. The van der Waals surface area contributed by atoms with Gasteiger partial charge in [0.15, 0.2) is 5.96 Å². The second-order valence-electron chi connectivity index (χ2n) is 19.8. The Labute approximate surface area is 468 Å². The summed E-state index contributed by atoms with van der Waals surface area (Å²) in [7, 11) is 0. The number of primary amides is 1. The van der Waals surface area contributed by atoms with Crippen LogP contribution >= 0.6 is 11.8 Å². The van der Waals surface area contributed by atoms with Gasteiger partial charge in [0.1, 0.15) is 48.0 Å². The van der Waals surface area contributed by atoms with Crippen LogP contribution in [0, 0.1) is 5.92 Å². The Morgan fingerprint density at radius 1 is 0.688 bits per heavy atom. The predicted octanol–water partition coefficient (Wildman–Crippen LogP) is -0.235. The number of carbonyl (C=O) groups is 9. The van der Waals surface area contributed by atoms with Gasteiger partial charge in [-0.05, 0) is 97.4 Å². The Balaban J connectivity index is 1.59. The Morgan fingerprint density at radius 2 is 1.26 bits per heavy atom. The van der Waals surface area contributed by atoms with Crippen LogP contribution in [0.1, 0.15) is 76.0 Å². The fraction of sp³-hybridized carbons (Fsp3) is 0.418. The van der Waals surface area contributed by atoms with Crippen molar-refractivity contribution in [2.75, 3.05) is 19.6 Å². The molecule has 2 heterocycles. The van der Waals surface area contributed by atoms with Gasteiger partial charge in [0.2, 0.25) is 53.2 Å². The van der Waals surface area contributed by atoms with Gasteiger partial charge in [-0.1, -0.05) is 86.3 Å². The molecule has 0 radical (unpaired) electrons. The number of carbonyl (C=O) groups excluding carboxylic acids is 9. The molecule has 0 fully saturated rings. The van der Waals surface area contributed by atoms with Crippen molar-refractivity contribution < 1.29 is 48.3 Å². The number of aromatic amines is 1. The highest BCUT2D eigenvalue weighted by atomic mass is 32.2. The van der Waals surface area contributed by atoms with E-state index in [1.807, 2.05) is 13.8 Å². The van der Waals surface area contributed by atoms with Crippen LogP contribution in [0.15, 0.2) is 100 Å². The fourth-order valence-electron chi connectivity index (χ4n) is 8.77. The molecule has 0 unspecified atom stereocenters. The minimum absolute atomic E-state index is 0.0398. The van der Waals surface area contributed by atoms with Gasteiger partial charge in [-0.25, -0.2) is 0 Å². The molecule has 4 aromatic rings. The molecule has 24 nitrogen and oxygen atoms in total. The van der Waals surface area contributed by atoms with E-state index in [-0.39, 0.29) is 75.7 Å². The molecule has 0 saturated carbocycles. The van der Waals surface area contributed by atoms with E-state index in [1.54, 1.807) is 54.6 Å². The van der Waals surface area contributed by atoms with Crippen LogP contribution in [0.5, 0.6) is 5.75 Å². The van der Waals surface area contributed by atoms with Gasteiger partial charge in [-0.2, -0.15) is 0 Å². The number of aliphatic imine (C=N–C) groups is 1. The van der Waals surface area contributed by atoms with E-state index < -0.39 is 102 Å². The highest BCUT2D eigenvalue weighted by Crippen LogP contribution is 2.32. The minimum atomic E-state index is -1.38. The lowest BCUT2D eigenvalue weighted by Crippen LogP contribution is -2.59. The molecule has 0 saturated heterocycles. The number of aromatic hydroxyl groups is 1. The Morgan fingerprint density at radius 3 is 1.91 bits per heavy atom. The van der Waals surface area contributed by atoms with Crippen molar-refractivity contribution in [2.45, 2.75) is 126 Å². The largest absolute Gasteiger partial charge is 0.508 e. The summed E-state index contributed by atoms with van der Waals surface area (Å²) < 4.78 is 0. The van der Waals surface area contributed by atoms with E-state index in [0.717, 1.165) is 11.8 Å². The maximum absolute atomic E-state index is 14.4. The van der Waals surface area contributed by atoms with E-state index in [1.165, 1.54) is 42.7 Å². The van der Waals surface area contributed by atoms with Crippen molar-refractivity contribution in [3.63, 3.8) is 0 Å². The molecule has 3 aromatic carbocycles. The third kappa shape index (κ3) is 20.1. The maximum Gasteiger partial charge on any atom is 0.247 e. The normalized spacial score (nSPS) is 21.9. The van der Waals surface area contributed by atoms with Crippen molar-refractivity contribution in [2.24, 2.45) is 33.8 Å². The summed E-state index contributed by atoms with van der Waals surface area (Å²) in [5.74, 6) is -7.46. The van der Waals surface area contributed by atoms with Crippen molar-refractivity contribution in [1.82, 2.24) is 47.5 Å². The molecule has 0 bridgehead atoms. The molecule has 1 aliphatic heterocycles. The second kappa shape index (κ2) is 31.2. The molecule has 5 rings (SSSR count). The standard InChI is InChI=1S/C55H74N14O10S/c1-31(2)26-43-52(78)68-44(28-34-18-20-35(71)21-19-34)48(74)61-30-46(72)63-45(27-33-12-5-4-6-13-33)53(79)65-39(16-9-10-23-56)49(75)66-42(47(57)73)29-37-36-14-7-8-15-38(36)69-54(37)80-25-22-41(62-32(3)70)51(77)64-40(50(76)67-43)17-11-24-60-55(58)59/h4-8,12-15,18-22,25,31,39-45,69,71H,9-11,16-17,23-24,26-30,56H2,1-3H3,(H2,57,73)(H,61,74)(H,62,70)(H,63,72)(H,64,77)(H,65,79)(H,66,75)(H,67,76)(H,68,78)(H4,58,59,60)/b25-22+/t39-,40-,41-,42-,43-,44-,45-/m0/s1. The van der Waals surface area contributed by atoms with Gasteiger partial charge in [0, 0.05) is 43.6 Å². The van der Waals surface area contributed by atoms with E-state index in [2.05, 4.69) is 52.5 Å². The lowest BCUT2D eigenvalue weighted by molar-refractivity contribution is -0.135. The maximum atomic E-state index is 14.4. The van der Waals surface area contributed by atoms with Crippen LogP contribution in [0.2, 0.25) is 0 Å². The number of nitrogens with two attached hydrogens (primary N) is 4. The second-order valence-corrected chi connectivity index (χ2v) is 20.7. The van der Waals surface area contributed by atoms with Crippen LogP contribution in [0.3, 0.4) is 0 Å². The first-order valence-corrected chi connectivity index (χ1v) is 27.2. The van der Waals surface area contributed by atoms with Crippen molar-refractivity contribution in [3.05, 3.63) is 107 Å². The Bertz CT molecular complexity index is 2860. The number of aromatic nitrogens is 1. The van der Waals surface area contributed by atoms with Gasteiger partial charge in [-0.3, -0.25) is 48.1 Å².